The van der Waals surface area contributed by atoms with Crippen LogP contribution in [0.4, 0.5) is 0 Å². The van der Waals surface area contributed by atoms with Gasteiger partial charge >= 0.3 is 23.9 Å². The highest BCUT2D eigenvalue weighted by Gasteiger charge is 2.56. The first-order valence-electron chi connectivity index (χ1n) is 12.5. The van der Waals surface area contributed by atoms with E-state index < -0.39 is 17.5 Å². The van der Waals surface area contributed by atoms with Gasteiger partial charge in [0.2, 0.25) is 0 Å². The summed E-state index contributed by atoms with van der Waals surface area (Å²) in [5.41, 5.74) is -0.412. The van der Waals surface area contributed by atoms with E-state index in [-0.39, 0.29) is 29.5 Å². The van der Waals surface area contributed by atoms with Crippen LogP contribution >= 0.6 is 0 Å². The zero-order valence-corrected chi connectivity index (χ0v) is 22.0. The number of hydrogen-bond donors (Lipinski definition) is 1. The van der Waals surface area contributed by atoms with Gasteiger partial charge in [-0.2, -0.15) is 0 Å². The van der Waals surface area contributed by atoms with E-state index in [0.717, 1.165) is 11.8 Å². The summed E-state index contributed by atoms with van der Waals surface area (Å²) in [6.07, 6.45) is 8.47. The van der Waals surface area contributed by atoms with Crippen molar-refractivity contribution in [2.45, 2.75) is 83.8 Å². The predicted octanol–water partition coefficient (Wildman–Crippen LogP) is 4.78. The van der Waals surface area contributed by atoms with Crippen LogP contribution in [0.2, 0.25) is 0 Å². The summed E-state index contributed by atoms with van der Waals surface area (Å²) < 4.78 is 15.6. The van der Waals surface area contributed by atoms with Crippen molar-refractivity contribution in [2.24, 2.45) is 23.7 Å². The molecule has 4 bridgehead atoms. The van der Waals surface area contributed by atoms with Crippen LogP contribution in [-0.4, -0.2) is 46.8 Å². The summed E-state index contributed by atoms with van der Waals surface area (Å²) in [6.45, 7) is 17.3. The number of rotatable bonds is 5. The van der Waals surface area contributed by atoms with Crippen LogP contribution in [0, 0.1) is 23.7 Å². The van der Waals surface area contributed by atoms with Gasteiger partial charge in [-0.3, -0.25) is 4.79 Å². The van der Waals surface area contributed by atoms with E-state index in [2.05, 4.69) is 26.7 Å². The topological polar surface area (TPSA) is 116 Å². The lowest BCUT2D eigenvalue weighted by Crippen LogP contribution is -2.57. The number of carbonyl (C=O) groups is 4. The third kappa shape index (κ3) is 7.55. The minimum absolute atomic E-state index is 0.117. The molecule has 1 atom stereocenters. The van der Waals surface area contributed by atoms with Crippen molar-refractivity contribution in [1.29, 1.82) is 0 Å². The maximum absolute atomic E-state index is 11.5. The highest BCUT2D eigenvalue weighted by atomic mass is 16.6. The molecule has 200 valence electrons. The lowest BCUT2D eigenvalue weighted by molar-refractivity contribution is -0.198. The molecule has 5 rings (SSSR count). The van der Waals surface area contributed by atoms with E-state index in [4.69, 9.17) is 19.3 Å². The molecule has 0 radical (unpaired) electrons. The molecule has 0 aromatic carbocycles. The van der Waals surface area contributed by atoms with Gasteiger partial charge in [-0.1, -0.05) is 19.7 Å². The molecule has 8 heteroatoms. The molecule has 1 N–H and O–H groups in total. The zero-order chi connectivity index (χ0) is 27.3. The van der Waals surface area contributed by atoms with Crippen molar-refractivity contribution in [3.8, 4) is 0 Å². The van der Waals surface area contributed by atoms with Gasteiger partial charge in [0.05, 0.1) is 13.0 Å². The first-order valence-corrected chi connectivity index (χ1v) is 12.5. The quantitative estimate of drug-likeness (QED) is 0.323. The lowest BCUT2D eigenvalue weighted by Gasteiger charge is -2.58. The van der Waals surface area contributed by atoms with Crippen molar-refractivity contribution in [3.05, 3.63) is 37.0 Å². The molecule has 0 aromatic rings. The Labute approximate surface area is 213 Å². The van der Waals surface area contributed by atoms with Gasteiger partial charge in [0.25, 0.3) is 0 Å². The Balaban J connectivity index is 0.000000210. The lowest BCUT2D eigenvalue weighted by atomic mass is 9.50. The van der Waals surface area contributed by atoms with Crippen molar-refractivity contribution in [1.82, 2.24) is 0 Å². The summed E-state index contributed by atoms with van der Waals surface area (Å²) in [4.78, 5) is 43.3. The molecule has 8 nitrogen and oxygen atoms in total. The highest BCUT2D eigenvalue weighted by Crippen LogP contribution is 2.59. The molecule has 0 amide bonds. The maximum atomic E-state index is 11.5. The van der Waals surface area contributed by atoms with E-state index in [9.17, 15) is 19.2 Å². The van der Waals surface area contributed by atoms with E-state index >= 15 is 0 Å². The first-order chi connectivity index (χ1) is 16.7. The molecule has 1 heterocycles. The molecule has 5 aliphatic rings. The fourth-order valence-corrected chi connectivity index (χ4v) is 5.77. The Morgan fingerprint density at radius 2 is 1.47 bits per heavy atom. The average molecular weight is 505 g/mol. The zero-order valence-electron chi connectivity index (χ0n) is 22.0. The summed E-state index contributed by atoms with van der Waals surface area (Å²) in [6, 6.07) is 0. The SMILES string of the molecule is C=C(C)C(=O)O.C=C(C)C(=O)OC1(C)CCOC(=O)C1.C=CC(=O)OC1(C)C2CC3CC(C2)CC1C3. The van der Waals surface area contributed by atoms with Gasteiger partial charge in [-0.15, -0.1) is 0 Å². The average Bonchev–Trinajstić information content (AvgIpc) is 2.77. The minimum atomic E-state index is -0.935. The van der Waals surface area contributed by atoms with Crippen LogP contribution in [-0.2, 0) is 33.4 Å². The Morgan fingerprint density at radius 1 is 0.972 bits per heavy atom. The number of esters is 3. The summed E-state index contributed by atoms with van der Waals surface area (Å²) >= 11 is 0. The number of carbonyl (C=O) groups excluding carboxylic acids is 3. The number of ether oxygens (including phenoxy) is 3. The Bertz CT molecular complexity index is 877. The Kier molecular flexibility index (Phi) is 9.69. The molecule has 1 unspecified atom stereocenters. The molecule has 1 saturated heterocycles. The number of carboxylic acid groups (broad SMARTS) is 1. The monoisotopic (exact) mass is 504 g/mol. The third-order valence-corrected chi connectivity index (χ3v) is 7.71. The molecule has 1 aliphatic heterocycles. The largest absolute Gasteiger partial charge is 0.478 e. The van der Waals surface area contributed by atoms with Gasteiger partial charge < -0.3 is 19.3 Å². The predicted molar refractivity (Wildman–Crippen MR) is 134 cm³/mol. The van der Waals surface area contributed by atoms with Crippen molar-refractivity contribution in [2.75, 3.05) is 6.61 Å². The second kappa shape index (κ2) is 11.9. The third-order valence-electron chi connectivity index (χ3n) is 7.71. The van der Waals surface area contributed by atoms with Crippen LogP contribution in [0.1, 0.15) is 72.6 Å². The molecule has 5 fully saturated rings. The first kappa shape index (κ1) is 29.3. The van der Waals surface area contributed by atoms with E-state index in [1.54, 1.807) is 13.8 Å². The molecule has 0 spiro atoms. The van der Waals surface area contributed by atoms with Crippen molar-refractivity contribution < 1.29 is 38.5 Å². The fourth-order valence-electron chi connectivity index (χ4n) is 5.77. The van der Waals surface area contributed by atoms with E-state index in [1.807, 2.05) is 0 Å². The minimum Gasteiger partial charge on any atom is -0.478 e. The molecular weight excluding hydrogens is 464 g/mol. The number of carboxylic acids is 1. The number of aliphatic carboxylic acids is 1. The summed E-state index contributed by atoms with van der Waals surface area (Å²) in [5.74, 6) is 1.08. The summed E-state index contributed by atoms with van der Waals surface area (Å²) in [7, 11) is 0. The van der Waals surface area contributed by atoms with Gasteiger partial charge in [0, 0.05) is 23.6 Å². The van der Waals surface area contributed by atoms with Gasteiger partial charge in [0.1, 0.15) is 11.2 Å². The van der Waals surface area contributed by atoms with Crippen LogP contribution in [0.3, 0.4) is 0 Å². The molecular formula is C28H40O8. The van der Waals surface area contributed by atoms with Crippen molar-refractivity contribution >= 4 is 23.9 Å². The maximum Gasteiger partial charge on any atom is 0.333 e. The van der Waals surface area contributed by atoms with Crippen molar-refractivity contribution in [3.63, 3.8) is 0 Å². The van der Waals surface area contributed by atoms with Crippen LogP contribution in [0.5, 0.6) is 0 Å². The fraction of sp³-hybridized carbons (Fsp3) is 0.643. The second-order valence-electron chi connectivity index (χ2n) is 11.0. The number of cyclic esters (lactones) is 1. The summed E-state index contributed by atoms with van der Waals surface area (Å²) in [5, 5.41) is 7.89. The van der Waals surface area contributed by atoms with Crippen LogP contribution in [0.15, 0.2) is 37.0 Å². The van der Waals surface area contributed by atoms with Crippen LogP contribution < -0.4 is 0 Å². The molecule has 4 aliphatic carbocycles. The standard InChI is InChI=1S/C14H20O2.C10H14O4.C4H6O2/c1-3-13(15)16-14(2)11-5-9-4-10(7-11)8-12(14)6-9;1-7(2)9(12)14-10(3)4-5-13-8(11)6-10;1-3(2)4(5)6/h3,9-12H,1,4-8H2,2H3;1,4-6H2,2-3H3;1H2,2H3,(H,5,6). The van der Waals surface area contributed by atoms with E-state index in [0.29, 0.717) is 30.4 Å². The Morgan fingerprint density at radius 3 is 1.86 bits per heavy atom. The van der Waals surface area contributed by atoms with E-state index in [1.165, 1.54) is 45.1 Å². The normalized spacial score (nSPS) is 33.4. The van der Waals surface area contributed by atoms with Gasteiger partial charge in [0.15, 0.2) is 0 Å². The number of hydrogen-bond acceptors (Lipinski definition) is 7. The molecule has 0 aromatic heterocycles. The van der Waals surface area contributed by atoms with Gasteiger partial charge in [-0.05, 0) is 83.5 Å². The molecule has 4 saturated carbocycles. The van der Waals surface area contributed by atoms with Gasteiger partial charge in [-0.25, -0.2) is 14.4 Å². The molecule has 36 heavy (non-hydrogen) atoms. The second-order valence-corrected chi connectivity index (χ2v) is 11.0. The highest BCUT2D eigenvalue weighted by molar-refractivity contribution is 5.87. The smallest absolute Gasteiger partial charge is 0.333 e. The van der Waals surface area contributed by atoms with Crippen LogP contribution in [0.25, 0.3) is 0 Å². The Hall–Kier alpha value is -2.90.